The molecule has 1 aliphatic rings. The van der Waals surface area contributed by atoms with E-state index in [1.165, 1.54) is 0 Å². The highest BCUT2D eigenvalue weighted by atomic mass is 79.9. The minimum atomic E-state index is -0.553. The van der Waals surface area contributed by atoms with E-state index >= 15 is 0 Å². The summed E-state index contributed by atoms with van der Waals surface area (Å²) in [6, 6.07) is 15.0. The normalized spacial score (nSPS) is 16.5. The Morgan fingerprint density at radius 2 is 2.04 bits per heavy atom. The fourth-order valence-electron chi connectivity index (χ4n) is 2.72. The van der Waals surface area contributed by atoms with Gasteiger partial charge in [-0.3, -0.25) is 9.69 Å². The van der Waals surface area contributed by atoms with Gasteiger partial charge in [0.25, 0.3) is 5.91 Å². The van der Waals surface area contributed by atoms with Crippen molar-refractivity contribution in [2.45, 2.75) is 19.6 Å². The van der Waals surface area contributed by atoms with E-state index in [0.29, 0.717) is 23.2 Å². The number of carbonyl (C=O) groups is 1. The number of anilines is 1. The predicted molar refractivity (Wildman–Crippen MR) is 95.2 cm³/mol. The number of aromatic nitrogens is 2. The van der Waals surface area contributed by atoms with Crippen LogP contribution in [0.1, 0.15) is 12.8 Å². The summed E-state index contributed by atoms with van der Waals surface area (Å²) in [7, 11) is 0. The molecule has 3 aromatic rings. The van der Waals surface area contributed by atoms with Gasteiger partial charge < -0.3 is 9.26 Å². The molecular formula is C18H14BrN3O3. The molecule has 1 aliphatic heterocycles. The van der Waals surface area contributed by atoms with E-state index in [1.54, 1.807) is 11.8 Å². The zero-order valence-corrected chi connectivity index (χ0v) is 14.9. The number of amides is 1. The zero-order valence-electron chi connectivity index (χ0n) is 13.3. The number of ether oxygens (including phenoxy) is 1. The maximum absolute atomic E-state index is 12.5. The first kappa shape index (κ1) is 15.8. The molecule has 0 saturated heterocycles. The number of carbonyl (C=O) groups excluding carboxylic acids is 1. The summed E-state index contributed by atoms with van der Waals surface area (Å²) >= 11 is 3.43. The van der Waals surface area contributed by atoms with Crippen molar-refractivity contribution < 1.29 is 14.1 Å². The number of halogens is 1. The molecule has 0 aliphatic carbocycles. The van der Waals surface area contributed by atoms with Crippen LogP contribution < -0.4 is 9.64 Å². The predicted octanol–water partition coefficient (Wildman–Crippen LogP) is 3.81. The van der Waals surface area contributed by atoms with E-state index in [-0.39, 0.29) is 12.5 Å². The van der Waals surface area contributed by atoms with Crippen molar-refractivity contribution in [3.8, 4) is 17.1 Å². The number of hydrogen-bond donors (Lipinski definition) is 0. The number of fused-ring (bicyclic) bond motifs is 1. The highest BCUT2D eigenvalue weighted by Crippen LogP contribution is 2.34. The molecule has 2 heterocycles. The maximum Gasteiger partial charge on any atom is 0.268 e. The van der Waals surface area contributed by atoms with Crippen LogP contribution in [0, 0.1) is 0 Å². The van der Waals surface area contributed by atoms with Gasteiger partial charge in [-0.25, -0.2) is 0 Å². The van der Waals surface area contributed by atoms with Gasteiger partial charge in [-0.05, 0) is 31.2 Å². The number of para-hydroxylation sites is 2. The van der Waals surface area contributed by atoms with Gasteiger partial charge in [0.2, 0.25) is 11.7 Å². The molecule has 7 heteroatoms. The van der Waals surface area contributed by atoms with E-state index in [0.717, 1.165) is 10.0 Å². The van der Waals surface area contributed by atoms with E-state index in [1.807, 2.05) is 48.5 Å². The SMILES string of the molecule is C[C@H]1Oc2ccccc2N(Cc2nc(-c3cccc(Br)c3)no2)C1=O. The second-order valence-corrected chi connectivity index (χ2v) is 6.59. The third-order valence-electron chi connectivity index (χ3n) is 3.92. The fraction of sp³-hybridized carbons (Fsp3) is 0.167. The van der Waals surface area contributed by atoms with Crippen LogP contribution in [0.2, 0.25) is 0 Å². The minimum absolute atomic E-state index is 0.138. The fourth-order valence-corrected chi connectivity index (χ4v) is 3.12. The molecule has 0 bridgehead atoms. The Kier molecular flexibility index (Phi) is 4.01. The topological polar surface area (TPSA) is 68.5 Å². The van der Waals surface area contributed by atoms with Crippen LogP contribution >= 0.6 is 15.9 Å². The Morgan fingerprint density at radius 3 is 2.88 bits per heavy atom. The molecule has 25 heavy (non-hydrogen) atoms. The number of rotatable bonds is 3. The summed E-state index contributed by atoms with van der Waals surface area (Å²) in [4.78, 5) is 18.5. The zero-order chi connectivity index (χ0) is 17.4. The molecule has 0 N–H and O–H groups in total. The van der Waals surface area contributed by atoms with Gasteiger partial charge in [-0.15, -0.1) is 0 Å². The van der Waals surface area contributed by atoms with Crippen molar-refractivity contribution in [1.82, 2.24) is 10.1 Å². The lowest BCUT2D eigenvalue weighted by Gasteiger charge is -2.31. The Hall–Kier alpha value is -2.67. The first-order valence-corrected chi connectivity index (χ1v) is 8.57. The van der Waals surface area contributed by atoms with Crippen LogP contribution in [0.15, 0.2) is 57.5 Å². The molecule has 1 aromatic heterocycles. The van der Waals surface area contributed by atoms with Gasteiger partial charge in [-0.1, -0.05) is 45.4 Å². The monoisotopic (exact) mass is 399 g/mol. The van der Waals surface area contributed by atoms with E-state index in [2.05, 4.69) is 26.1 Å². The van der Waals surface area contributed by atoms with Crippen LogP contribution in [0.3, 0.4) is 0 Å². The Bertz CT molecular complexity index is 941. The summed E-state index contributed by atoms with van der Waals surface area (Å²) in [6.07, 6.45) is -0.553. The van der Waals surface area contributed by atoms with Crippen molar-refractivity contribution >= 4 is 27.5 Å². The van der Waals surface area contributed by atoms with Crippen LogP contribution in [0.4, 0.5) is 5.69 Å². The Balaban J connectivity index is 1.63. The standard InChI is InChI=1S/C18H14BrN3O3/c1-11-18(23)22(14-7-2-3-8-15(14)24-11)10-16-20-17(21-25-16)12-5-4-6-13(19)9-12/h2-9,11H,10H2,1H3/t11-/m1/s1. The second-order valence-electron chi connectivity index (χ2n) is 5.67. The molecule has 0 saturated carbocycles. The molecule has 126 valence electrons. The molecule has 6 nitrogen and oxygen atoms in total. The van der Waals surface area contributed by atoms with E-state index in [4.69, 9.17) is 9.26 Å². The lowest BCUT2D eigenvalue weighted by molar-refractivity contribution is -0.125. The third-order valence-corrected chi connectivity index (χ3v) is 4.41. The van der Waals surface area contributed by atoms with Crippen LogP contribution in [0.25, 0.3) is 11.4 Å². The number of benzene rings is 2. The average molecular weight is 400 g/mol. The largest absolute Gasteiger partial charge is 0.479 e. The van der Waals surface area contributed by atoms with Crippen molar-refractivity contribution in [3.63, 3.8) is 0 Å². The van der Waals surface area contributed by atoms with Crippen molar-refractivity contribution in [3.05, 3.63) is 58.9 Å². The molecule has 0 fully saturated rings. The van der Waals surface area contributed by atoms with Crippen LogP contribution in [-0.2, 0) is 11.3 Å². The molecule has 1 atom stereocenters. The van der Waals surface area contributed by atoms with Crippen LogP contribution in [0.5, 0.6) is 5.75 Å². The molecule has 2 aromatic carbocycles. The minimum Gasteiger partial charge on any atom is -0.479 e. The Labute approximate surface area is 152 Å². The summed E-state index contributed by atoms with van der Waals surface area (Å²) in [6.45, 7) is 1.93. The second kappa shape index (κ2) is 6.33. The van der Waals surface area contributed by atoms with Crippen molar-refractivity contribution in [2.75, 3.05) is 4.90 Å². The van der Waals surface area contributed by atoms with Gasteiger partial charge in [0, 0.05) is 10.0 Å². The van der Waals surface area contributed by atoms with E-state index in [9.17, 15) is 4.79 Å². The number of nitrogens with zero attached hydrogens (tertiary/aromatic N) is 3. The summed E-state index contributed by atoms with van der Waals surface area (Å²) in [5, 5.41) is 4.02. The third kappa shape index (κ3) is 3.02. The quantitative estimate of drug-likeness (QED) is 0.669. The molecule has 0 spiro atoms. The summed E-state index contributed by atoms with van der Waals surface area (Å²) in [5.41, 5.74) is 1.54. The van der Waals surface area contributed by atoms with Crippen LogP contribution in [-0.4, -0.2) is 22.2 Å². The van der Waals surface area contributed by atoms with Crippen molar-refractivity contribution in [1.29, 1.82) is 0 Å². The molecule has 1 amide bonds. The average Bonchev–Trinajstić information content (AvgIpc) is 3.08. The van der Waals surface area contributed by atoms with Crippen molar-refractivity contribution in [2.24, 2.45) is 0 Å². The first-order chi connectivity index (χ1) is 12.1. The summed E-state index contributed by atoms with van der Waals surface area (Å²) < 4.78 is 11.9. The van der Waals surface area contributed by atoms with Gasteiger partial charge in [0.05, 0.1) is 5.69 Å². The smallest absolute Gasteiger partial charge is 0.268 e. The molecule has 0 radical (unpaired) electrons. The first-order valence-electron chi connectivity index (χ1n) is 7.77. The molecular weight excluding hydrogens is 386 g/mol. The maximum atomic E-state index is 12.5. The van der Waals surface area contributed by atoms with Gasteiger partial charge in [0.15, 0.2) is 6.10 Å². The lowest BCUT2D eigenvalue weighted by atomic mass is 10.2. The van der Waals surface area contributed by atoms with Gasteiger partial charge >= 0.3 is 0 Å². The molecule has 4 rings (SSSR count). The highest BCUT2D eigenvalue weighted by Gasteiger charge is 2.32. The molecule has 0 unspecified atom stereocenters. The lowest BCUT2D eigenvalue weighted by Crippen LogP contribution is -2.44. The Morgan fingerprint density at radius 1 is 1.20 bits per heavy atom. The highest BCUT2D eigenvalue weighted by molar-refractivity contribution is 9.10. The van der Waals surface area contributed by atoms with E-state index < -0.39 is 6.10 Å². The summed E-state index contributed by atoms with van der Waals surface area (Å²) in [5.74, 6) is 1.38. The van der Waals surface area contributed by atoms with Gasteiger partial charge in [0.1, 0.15) is 12.3 Å². The van der Waals surface area contributed by atoms with Gasteiger partial charge in [-0.2, -0.15) is 4.98 Å². The number of hydrogen-bond acceptors (Lipinski definition) is 5.